The average Bonchev–Trinajstić information content (AvgIpc) is 2.71. The molecule has 0 spiro atoms. The number of hydrogen-bond acceptors (Lipinski definition) is 5. The Kier molecular flexibility index (Phi) is 3.60. The van der Waals surface area contributed by atoms with Gasteiger partial charge in [0, 0.05) is 12.1 Å². The summed E-state index contributed by atoms with van der Waals surface area (Å²) >= 11 is 0. The summed E-state index contributed by atoms with van der Waals surface area (Å²) in [6.07, 6.45) is -0.294. The first-order valence-corrected chi connectivity index (χ1v) is 5.93. The highest BCUT2D eigenvalue weighted by atomic mass is 16.5. The van der Waals surface area contributed by atoms with Gasteiger partial charge in [-0.2, -0.15) is 0 Å². The molecule has 0 aromatic heterocycles. The number of carbonyl (C=O) groups excluding carboxylic acids is 3. The second-order valence-electron chi connectivity index (χ2n) is 4.47. The van der Waals surface area contributed by atoms with Gasteiger partial charge in [-0.25, -0.2) is 0 Å². The van der Waals surface area contributed by atoms with E-state index in [1.807, 2.05) is 0 Å². The van der Waals surface area contributed by atoms with Gasteiger partial charge in [0.15, 0.2) is 0 Å². The molecule has 3 N–H and O–H groups in total. The molecule has 0 fully saturated rings. The third kappa shape index (κ3) is 2.42. The van der Waals surface area contributed by atoms with Gasteiger partial charge in [-0.1, -0.05) is 0 Å². The van der Waals surface area contributed by atoms with Crippen molar-refractivity contribution in [3.63, 3.8) is 0 Å². The number of rotatable bonds is 4. The van der Waals surface area contributed by atoms with Crippen molar-refractivity contribution in [1.29, 1.82) is 0 Å². The molecule has 0 bridgehead atoms. The number of amides is 2. The summed E-state index contributed by atoms with van der Waals surface area (Å²) in [4.78, 5) is 36.2. The molecule has 1 aliphatic heterocycles. The SMILES string of the molecule is COC(=O)CC(C(N)=O)N1Cc2cc(O)ccc2C1=O. The summed E-state index contributed by atoms with van der Waals surface area (Å²) < 4.78 is 4.50. The number of nitrogens with zero attached hydrogens (tertiary/aromatic N) is 1. The summed E-state index contributed by atoms with van der Waals surface area (Å²) in [5, 5.41) is 9.40. The number of hydrogen-bond donors (Lipinski definition) is 2. The van der Waals surface area contributed by atoms with Gasteiger partial charge in [0.05, 0.1) is 13.5 Å². The summed E-state index contributed by atoms with van der Waals surface area (Å²) in [7, 11) is 1.19. The number of benzene rings is 1. The lowest BCUT2D eigenvalue weighted by Crippen LogP contribution is -2.46. The van der Waals surface area contributed by atoms with Crippen LogP contribution in [-0.4, -0.2) is 40.9 Å². The molecule has 1 unspecified atom stereocenters. The number of ether oxygens (including phenoxy) is 1. The predicted molar refractivity (Wildman–Crippen MR) is 67.6 cm³/mol. The van der Waals surface area contributed by atoms with Crippen molar-refractivity contribution in [3.8, 4) is 5.75 Å². The molecule has 0 aliphatic carbocycles. The largest absolute Gasteiger partial charge is 0.508 e. The van der Waals surface area contributed by atoms with Crippen molar-refractivity contribution in [1.82, 2.24) is 4.90 Å². The zero-order valence-electron chi connectivity index (χ0n) is 10.8. The minimum absolute atomic E-state index is 0.0296. The van der Waals surface area contributed by atoms with Crippen LogP contribution >= 0.6 is 0 Å². The summed E-state index contributed by atoms with van der Waals surface area (Å²) in [6, 6.07) is 3.25. The van der Waals surface area contributed by atoms with Crippen LogP contribution in [0, 0.1) is 0 Å². The smallest absolute Gasteiger partial charge is 0.308 e. The first-order chi connectivity index (χ1) is 9.43. The fraction of sp³-hybridized carbons (Fsp3) is 0.308. The van der Waals surface area contributed by atoms with Crippen LogP contribution in [0.3, 0.4) is 0 Å². The van der Waals surface area contributed by atoms with Crippen molar-refractivity contribution in [3.05, 3.63) is 29.3 Å². The van der Waals surface area contributed by atoms with Gasteiger partial charge in [-0.3, -0.25) is 14.4 Å². The summed E-state index contributed by atoms with van der Waals surface area (Å²) in [5.74, 6) is -1.77. The van der Waals surface area contributed by atoms with E-state index in [2.05, 4.69) is 4.74 Å². The topological polar surface area (TPSA) is 110 Å². The van der Waals surface area contributed by atoms with Gasteiger partial charge < -0.3 is 20.5 Å². The van der Waals surface area contributed by atoms with Crippen molar-refractivity contribution < 1.29 is 24.2 Å². The van der Waals surface area contributed by atoms with Gasteiger partial charge in [-0.15, -0.1) is 0 Å². The van der Waals surface area contributed by atoms with Gasteiger partial charge in [0.25, 0.3) is 5.91 Å². The quantitative estimate of drug-likeness (QED) is 0.739. The van der Waals surface area contributed by atoms with Crippen LogP contribution in [0.15, 0.2) is 18.2 Å². The third-order valence-corrected chi connectivity index (χ3v) is 3.21. The van der Waals surface area contributed by atoms with Crippen LogP contribution in [0.1, 0.15) is 22.3 Å². The van der Waals surface area contributed by atoms with Crippen LogP contribution in [-0.2, 0) is 20.9 Å². The molecule has 106 valence electrons. The average molecular weight is 278 g/mol. The number of carbonyl (C=O) groups is 3. The van der Waals surface area contributed by atoms with Crippen LogP contribution in [0.4, 0.5) is 0 Å². The zero-order chi connectivity index (χ0) is 14.9. The van der Waals surface area contributed by atoms with E-state index in [-0.39, 0.29) is 18.7 Å². The zero-order valence-corrected chi connectivity index (χ0v) is 10.8. The van der Waals surface area contributed by atoms with Gasteiger partial charge in [0.2, 0.25) is 5.91 Å². The summed E-state index contributed by atoms with van der Waals surface area (Å²) in [6.45, 7) is 0.118. The number of nitrogens with two attached hydrogens (primary N) is 1. The molecule has 20 heavy (non-hydrogen) atoms. The maximum absolute atomic E-state index is 12.2. The fourth-order valence-corrected chi connectivity index (χ4v) is 2.19. The standard InChI is InChI=1S/C13H14N2O5/c1-20-11(17)5-10(12(14)18)15-6-7-4-8(16)2-3-9(7)13(15)19/h2-4,10,16H,5-6H2,1H3,(H2,14,18). The van der Waals surface area contributed by atoms with Crippen LogP contribution < -0.4 is 5.73 Å². The lowest BCUT2D eigenvalue weighted by Gasteiger charge is -2.24. The second-order valence-corrected chi connectivity index (χ2v) is 4.47. The van der Waals surface area contributed by atoms with E-state index in [1.165, 1.54) is 30.2 Å². The molecular formula is C13H14N2O5. The van der Waals surface area contributed by atoms with Gasteiger partial charge in [0.1, 0.15) is 11.8 Å². The Labute approximate surface area is 114 Å². The summed E-state index contributed by atoms with van der Waals surface area (Å²) in [5.41, 5.74) is 6.23. The number of methoxy groups -OCH3 is 1. The molecule has 1 aromatic carbocycles. The Hall–Kier alpha value is -2.57. The van der Waals surface area contributed by atoms with E-state index in [9.17, 15) is 19.5 Å². The normalized spacial score (nSPS) is 14.8. The van der Waals surface area contributed by atoms with Crippen LogP contribution in [0.2, 0.25) is 0 Å². The minimum atomic E-state index is -1.07. The van der Waals surface area contributed by atoms with Gasteiger partial charge >= 0.3 is 5.97 Å². The van der Waals surface area contributed by atoms with E-state index in [0.717, 1.165) is 0 Å². The Morgan fingerprint density at radius 1 is 1.50 bits per heavy atom. The number of fused-ring (bicyclic) bond motifs is 1. The maximum Gasteiger partial charge on any atom is 0.308 e. The molecule has 2 amide bonds. The predicted octanol–water partition coefficient (Wildman–Crippen LogP) is -0.235. The Morgan fingerprint density at radius 3 is 2.80 bits per heavy atom. The molecule has 1 aliphatic rings. The Balaban J connectivity index is 2.27. The molecule has 2 rings (SSSR count). The molecule has 0 saturated heterocycles. The monoisotopic (exact) mass is 278 g/mol. The molecule has 1 heterocycles. The maximum atomic E-state index is 12.2. The van der Waals surface area contributed by atoms with E-state index in [4.69, 9.17) is 5.73 Å². The highest BCUT2D eigenvalue weighted by molar-refractivity contribution is 6.01. The highest BCUT2D eigenvalue weighted by Gasteiger charge is 2.36. The van der Waals surface area contributed by atoms with Crippen molar-refractivity contribution in [2.45, 2.75) is 19.0 Å². The fourth-order valence-electron chi connectivity index (χ4n) is 2.19. The Morgan fingerprint density at radius 2 is 2.20 bits per heavy atom. The lowest BCUT2D eigenvalue weighted by atomic mass is 10.1. The third-order valence-electron chi connectivity index (χ3n) is 3.21. The lowest BCUT2D eigenvalue weighted by molar-refractivity contribution is -0.144. The van der Waals surface area contributed by atoms with Gasteiger partial charge in [-0.05, 0) is 23.8 Å². The molecule has 1 atom stereocenters. The number of primary amides is 1. The van der Waals surface area contributed by atoms with E-state index < -0.39 is 23.8 Å². The number of aromatic hydroxyl groups is 1. The van der Waals surface area contributed by atoms with E-state index in [0.29, 0.717) is 11.1 Å². The molecule has 1 aromatic rings. The molecule has 7 heteroatoms. The molecule has 7 nitrogen and oxygen atoms in total. The number of phenolic OH excluding ortho intramolecular Hbond substituents is 1. The molecular weight excluding hydrogens is 264 g/mol. The molecule has 0 radical (unpaired) electrons. The molecule has 0 saturated carbocycles. The van der Waals surface area contributed by atoms with E-state index >= 15 is 0 Å². The van der Waals surface area contributed by atoms with E-state index in [1.54, 1.807) is 0 Å². The highest BCUT2D eigenvalue weighted by Crippen LogP contribution is 2.28. The van der Waals surface area contributed by atoms with Crippen molar-refractivity contribution >= 4 is 17.8 Å². The van der Waals surface area contributed by atoms with Crippen LogP contribution in [0.25, 0.3) is 0 Å². The minimum Gasteiger partial charge on any atom is -0.508 e. The van der Waals surface area contributed by atoms with Crippen LogP contribution in [0.5, 0.6) is 5.75 Å². The Bertz CT molecular complexity index is 584. The number of phenols is 1. The second kappa shape index (κ2) is 5.20. The van der Waals surface area contributed by atoms with Crippen molar-refractivity contribution in [2.24, 2.45) is 5.73 Å². The van der Waals surface area contributed by atoms with Crippen molar-refractivity contribution in [2.75, 3.05) is 7.11 Å². The number of esters is 1. The first-order valence-electron chi connectivity index (χ1n) is 5.93. The first kappa shape index (κ1) is 13.9.